The Labute approximate surface area is 117 Å². The number of thioether (sulfide) groups is 1. The summed E-state index contributed by atoms with van der Waals surface area (Å²) < 4.78 is 15.8. The predicted molar refractivity (Wildman–Crippen MR) is 74.0 cm³/mol. The quantitative estimate of drug-likeness (QED) is 0.472. The van der Waals surface area contributed by atoms with E-state index in [1.54, 1.807) is 11.8 Å². The third kappa shape index (κ3) is 4.35. The van der Waals surface area contributed by atoms with Crippen LogP contribution in [0.15, 0.2) is 23.1 Å². The van der Waals surface area contributed by atoms with Crippen LogP contribution in [0.2, 0.25) is 0 Å². The fraction of sp³-hybridized carbons (Fsp3) is 0.500. The molecule has 0 aliphatic carbocycles. The molecule has 1 aromatic rings. The van der Waals surface area contributed by atoms with E-state index in [1.807, 2.05) is 18.2 Å². The SMILES string of the molecule is COC(=O)CCCSc1ccc2c(c1)OCCCO2. The summed E-state index contributed by atoms with van der Waals surface area (Å²) in [5.74, 6) is 2.36. The van der Waals surface area contributed by atoms with Crippen molar-refractivity contribution in [3.8, 4) is 11.5 Å². The lowest BCUT2D eigenvalue weighted by Gasteiger charge is -2.09. The molecule has 0 unspecified atom stereocenters. The average Bonchev–Trinajstić information content (AvgIpc) is 2.68. The van der Waals surface area contributed by atoms with Crippen molar-refractivity contribution in [1.82, 2.24) is 0 Å². The van der Waals surface area contributed by atoms with Gasteiger partial charge in [-0.25, -0.2) is 0 Å². The van der Waals surface area contributed by atoms with Crippen molar-refractivity contribution in [3.63, 3.8) is 0 Å². The van der Waals surface area contributed by atoms with Gasteiger partial charge in [0.15, 0.2) is 11.5 Å². The third-order valence-electron chi connectivity index (χ3n) is 2.74. The third-order valence-corrected chi connectivity index (χ3v) is 3.82. The van der Waals surface area contributed by atoms with Gasteiger partial charge in [-0.2, -0.15) is 0 Å². The number of hydrogen-bond acceptors (Lipinski definition) is 5. The van der Waals surface area contributed by atoms with Crippen LogP contribution in [0.1, 0.15) is 19.3 Å². The second-order valence-electron chi connectivity index (χ2n) is 4.19. The second-order valence-corrected chi connectivity index (χ2v) is 5.36. The molecule has 0 aromatic heterocycles. The number of carbonyl (C=O) groups excluding carboxylic acids is 1. The number of carbonyl (C=O) groups is 1. The Morgan fingerprint density at radius 1 is 1.32 bits per heavy atom. The Morgan fingerprint density at radius 3 is 2.89 bits per heavy atom. The minimum Gasteiger partial charge on any atom is -0.490 e. The molecular weight excluding hydrogens is 264 g/mol. The highest BCUT2D eigenvalue weighted by Crippen LogP contribution is 2.34. The molecular formula is C14H18O4S. The first-order valence-corrected chi connectivity index (χ1v) is 7.37. The Kier molecular flexibility index (Phi) is 5.39. The smallest absolute Gasteiger partial charge is 0.305 e. The molecule has 0 atom stereocenters. The molecule has 4 nitrogen and oxygen atoms in total. The monoisotopic (exact) mass is 282 g/mol. The van der Waals surface area contributed by atoms with E-state index in [9.17, 15) is 4.79 Å². The molecule has 0 amide bonds. The van der Waals surface area contributed by atoms with Crippen LogP contribution in [0.4, 0.5) is 0 Å². The lowest BCUT2D eigenvalue weighted by atomic mass is 10.3. The maximum atomic E-state index is 11.0. The summed E-state index contributed by atoms with van der Waals surface area (Å²) >= 11 is 1.71. The second kappa shape index (κ2) is 7.28. The van der Waals surface area contributed by atoms with Crippen molar-refractivity contribution in [2.24, 2.45) is 0 Å². The van der Waals surface area contributed by atoms with Crippen LogP contribution in [-0.4, -0.2) is 32.0 Å². The molecule has 0 saturated carbocycles. The lowest BCUT2D eigenvalue weighted by Crippen LogP contribution is -2.00. The highest BCUT2D eigenvalue weighted by Gasteiger charge is 2.10. The molecule has 0 bridgehead atoms. The Balaban J connectivity index is 1.84. The first-order chi connectivity index (χ1) is 9.29. The van der Waals surface area contributed by atoms with E-state index in [1.165, 1.54) is 7.11 Å². The zero-order chi connectivity index (χ0) is 13.5. The molecule has 0 saturated heterocycles. The van der Waals surface area contributed by atoms with Crippen LogP contribution in [0.3, 0.4) is 0 Å². The topological polar surface area (TPSA) is 44.8 Å². The summed E-state index contributed by atoms with van der Waals surface area (Å²) in [6, 6.07) is 5.98. The summed E-state index contributed by atoms with van der Waals surface area (Å²) in [5, 5.41) is 0. The lowest BCUT2D eigenvalue weighted by molar-refractivity contribution is -0.140. The van der Waals surface area contributed by atoms with E-state index in [2.05, 4.69) is 4.74 Å². The largest absolute Gasteiger partial charge is 0.490 e. The van der Waals surface area contributed by atoms with E-state index in [0.717, 1.165) is 35.0 Å². The van der Waals surface area contributed by atoms with Gasteiger partial charge in [-0.15, -0.1) is 11.8 Å². The number of ether oxygens (including phenoxy) is 3. The van der Waals surface area contributed by atoms with Crippen molar-refractivity contribution in [3.05, 3.63) is 18.2 Å². The standard InChI is InChI=1S/C14H18O4S/c1-16-14(15)4-2-9-19-11-5-6-12-13(10-11)18-8-3-7-17-12/h5-6,10H,2-4,7-9H2,1H3. The molecule has 5 heteroatoms. The Morgan fingerprint density at radius 2 is 2.11 bits per heavy atom. The summed E-state index contributed by atoms with van der Waals surface area (Å²) in [4.78, 5) is 12.1. The van der Waals surface area contributed by atoms with E-state index in [-0.39, 0.29) is 5.97 Å². The molecule has 0 spiro atoms. The summed E-state index contributed by atoms with van der Waals surface area (Å²) in [7, 11) is 1.42. The van der Waals surface area contributed by atoms with Crippen molar-refractivity contribution >= 4 is 17.7 Å². The van der Waals surface area contributed by atoms with E-state index in [0.29, 0.717) is 19.6 Å². The Bertz CT molecular complexity index is 433. The van der Waals surface area contributed by atoms with Crippen LogP contribution in [0, 0.1) is 0 Å². The van der Waals surface area contributed by atoms with Gasteiger partial charge in [0, 0.05) is 17.7 Å². The number of benzene rings is 1. The molecule has 1 heterocycles. The van der Waals surface area contributed by atoms with Crippen molar-refractivity contribution in [2.45, 2.75) is 24.2 Å². The Hall–Kier alpha value is -1.36. The van der Waals surface area contributed by atoms with Crippen LogP contribution >= 0.6 is 11.8 Å². The first kappa shape index (κ1) is 14.1. The predicted octanol–water partition coefficient (Wildman–Crippen LogP) is 2.89. The number of rotatable bonds is 5. The van der Waals surface area contributed by atoms with Crippen molar-refractivity contribution in [2.75, 3.05) is 26.1 Å². The molecule has 0 radical (unpaired) electrons. The highest BCUT2D eigenvalue weighted by molar-refractivity contribution is 7.99. The van der Waals surface area contributed by atoms with Gasteiger partial charge in [0.1, 0.15) is 0 Å². The first-order valence-electron chi connectivity index (χ1n) is 6.39. The number of methoxy groups -OCH3 is 1. The fourth-order valence-electron chi connectivity index (χ4n) is 1.74. The van der Waals surface area contributed by atoms with Crippen LogP contribution in [0.5, 0.6) is 11.5 Å². The number of esters is 1. The zero-order valence-electron chi connectivity index (χ0n) is 11.0. The zero-order valence-corrected chi connectivity index (χ0v) is 11.8. The maximum absolute atomic E-state index is 11.0. The molecule has 1 aliphatic heterocycles. The molecule has 1 aromatic carbocycles. The van der Waals surface area contributed by atoms with Gasteiger partial charge in [-0.1, -0.05) is 0 Å². The van der Waals surface area contributed by atoms with Crippen LogP contribution < -0.4 is 9.47 Å². The van der Waals surface area contributed by atoms with E-state index in [4.69, 9.17) is 9.47 Å². The summed E-state index contributed by atoms with van der Waals surface area (Å²) in [6.07, 6.45) is 2.19. The molecule has 2 rings (SSSR count). The van der Waals surface area contributed by atoms with Gasteiger partial charge in [-0.3, -0.25) is 4.79 Å². The van der Waals surface area contributed by atoms with Gasteiger partial charge >= 0.3 is 5.97 Å². The average molecular weight is 282 g/mol. The highest BCUT2D eigenvalue weighted by atomic mass is 32.2. The normalized spacial score (nSPS) is 13.7. The number of hydrogen-bond donors (Lipinski definition) is 0. The van der Waals surface area contributed by atoms with Gasteiger partial charge in [0.25, 0.3) is 0 Å². The fourth-order valence-corrected chi connectivity index (χ4v) is 2.62. The molecule has 104 valence electrons. The summed E-state index contributed by atoms with van der Waals surface area (Å²) in [6.45, 7) is 1.40. The van der Waals surface area contributed by atoms with Gasteiger partial charge < -0.3 is 14.2 Å². The maximum Gasteiger partial charge on any atom is 0.305 e. The number of fused-ring (bicyclic) bond motifs is 1. The molecule has 19 heavy (non-hydrogen) atoms. The van der Waals surface area contributed by atoms with Gasteiger partial charge in [0.2, 0.25) is 0 Å². The van der Waals surface area contributed by atoms with Crippen LogP contribution in [0.25, 0.3) is 0 Å². The van der Waals surface area contributed by atoms with E-state index < -0.39 is 0 Å². The molecule has 1 aliphatic rings. The molecule has 0 fully saturated rings. The summed E-state index contributed by atoms with van der Waals surface area (Å²) in [5.41, 5.74) is 0. The minimum absolute atomic E-state index is 0.153. The van der Waals surface area contributed by atoms with Gasteiger partial charge in [-0.05, 0) is 30.4 Å². The van der Waals surface area contributed by atoms with Crippen molar-refractivity contribution in [1.29, 1.82) is 0 Å². The van der Waals surface area contributed by atoms with Crippen LogP contribution in [-0.2, 0) is 9.53 Å². The van der Waals surface area contributed by atoms with Gasteiger partial charge in [0.05, 0.1) is 20.3 Å². The van der Waals surface area contributed by atoms with E-state index >= 15 is 0 Å². The minimum atomic E-state index is -0.153. The molecule has 0 N–H and O–H groups in total. The van der Waals surface area contributed by atoms with Crippen molar-refractivity contribution < 1.29 is 19.0 Å².